The molecule has 0 aromatic carbocycles. The van der Waals surface area contributed by atoms with Crippen molar-refractivity contribution in [3.8, 4) is 0 Å². The predicted octanol–water partition coefficient (Wildman–Crippen LogP) is 4.01. The number of ether oxygens (including phenoxy) is 5. The van der Waals surface area contributed by atoms with Crippen molar-refractivity contribution in [2.75, 3.05) is 33.0 Å². The highest BCUT2D eigenvalue weighted by molar-refractivity contribution is 5.46. The van der Waals surface area contributed by atoms with Crippen molar-refractivity contribution in [2.24, 2.45) is 0 Å². The lowest BCUT2D eigenvalue weighted by Gasteiger charge is -2.09. The molecule has 0 saturated carbocycles. The maximum absolute atomic E-state index is 5.75. The molecule has 3 unspecified atom stereocenters. The van der Waals surface area contributed by atoms with Crippen molar-refractivity contribution >= 4 is 0 Å². The predicted molar refractivity (Wildman–Crippen MR) is 109 cm³/mol. The van der Waals surface area contributed by atoms with E-state index in [-0.39, 0.29) is 12.2 Å². The van der Waals surface area contributed by atoms with Crippen LogP contribution >= 0.6 is 0 Å². The van der Waals surface area contributed by atoms with Crippen LogP contribution in [0.4, 0.5) is 0 Å². The molecule has 0 spiro atoms. The van der Waals surface area contributed by atoms with Crippen molar-refractivity contribution in [3.05, 3.63) is 72.3 Å². The van der Waals surface area contributed by atoms with Gasteiger partial charge in [-0.05, 0) is 48.6 Å². The van der Waals surface area contributed by atoms with E-state index in [1.807, 2.05) is 13.0 Å². The Kier molecular flexibility index (Phi) is 7.31. The SMILES string of the molecule is C=C(/C=C\C(=C)C(=C)/C=C(\C=C(/C)OCC1CO1)CCC1CO1)OCC1CO1. The molecule has 5 nitrogen and oxygen atoms in total. The van der Waals surface area contributed by atoms with Crippen LogP contribution in [0.2, 0.25) is 0 Å². The molecule has 3 aliphatic rings. The van der Waals surface area contributed by atoms with E-state index in [0.29, 0.717) is 25.1 Å². The minimum Gasteiger partial charge on any atom is -0.495 e. The quantitative estimate of drug-likeness (QED) is 0.256. The second-order valence-corrected chi connectivity index (χ2v) is 7.35. The summed E-state index contributed by atoms with van der Waals surface area (Å²) in [7, 11) is 0. The Morgan fingerprint density at radius 1 is 0.857 bits per heavy atom. The first kappa shape index (κ1) is 20.6. The summed E-state index contributed by atoms with van der Waals surface area (Å²) >= 11 is 0. The summed E-state index contributed by atoms with van der Waals surface area (Å²) in [6.45, 7) is 17.7. The molecule has 28 heavy (non-hydrogen) atoms. The Morgan fingerprint density at radius 2 is 1.46 bits per heavy atom. The van der Waals surface area contributed by atoms with Crippen LogP contribution in [0.3, 0.4) is 0 Å². The first-order chi connectivity index (χ1) is 13.5. The average molecular weight is 386 g/mol. The minimum absolute atomic E-state index is 0.216. The molecule has 3 atom stereocenters. The van der Waals surface area contributed by atoms with Crippen molar-refractivity contribution in [1.82, 2.24) is 0 Å². The van der Waals surface area contributed by atoms with Gasteiger partial charge in [0.15, 0.2) is 0 Å². The number of rotatable bonds is 14. The molecular formula is C23H30O5. The highest BCUT2D eigenvalue weighted by Gasteiger charge is 2.24. The zero-order valence-corrected chi connectivity index (χ0v) is 16.7. The first-order valence-corrected chi connectivity index (χ1v) is 9.74. The molecule has 3 heterocycles. The van der Waals surface area contributed by atoms with Gasteiger partial charge in [-0.1, -0.05) is 31.9 Å². The normalized spacial score (nSPS) is 26.1. The Labute approximate surface area is 167 Å². The third kappa shape index (κ3) is 8.30. The number of epoxide rings is 3. The Hall–Kier alpha value is -2.08. The average Bonchev–Trinajstić information content (AvgIpc) is 3.53. The van der Waals surface area contributed by atoms with E-state index in [0.717, 1.165) is 55.1 Å². The zero-order valence-electron chi connectivity index (χ0n) is 16.7. The topological polar surface area (TPSA) is 56.0 Å². The monoisotopic (exact) mass is 386 g/mol. The van der Waals surface area contributed by atoms with E-state index < -0.39 is 0 Å². The van der Waals surface area contributed by atoms with E-state index in [1.54, 1.807) is 6.08 Å². The second-order valence-electron chi connectivity index (χ2n) is 7.35. The molecular weight excluding hydrogens is 356 g/mol. The number of allylic oxidation sites excluding steroid dienone is 8. The van der Waals surface area contributed by atoms with Gasteiger partial charge in [0, 0.05) is 0 Å². The van der Waals surface area contributed by atoms with Crippen LogP contribution in [0.25, 0.3) is 0 Å². The Morgan fingerprint density at radius 3 is 2.07 bits per heavy atom. The van der Waals surface area contributed by atoms with Gasteiger partial charge < -0.3 is 23.7 Å². The minimum atomic E-state index is 0.216. The van der Waals surface area contributed by atoms with Gasteiger partial charge >= 0.3 is 0 Å². The highest BCUT2D eigenvalue weighted by Crippen LogP contribution is 2.23. The van der Waals surface area contributed by atoms with Crippen LogP contribution in [0.1, 0.15) is 19.8 Å². The van der Waals surface area contributed by atoms with Gasteiger partial charge in [-0.15, -0.1) is 0 Å². The van der Waals surface area contributed by atoms with Crippen LogP contribution < -0.4 is 0 Å². The molecule has 3 aliphatic heterocycles. The van der Waals surface area contributed by atoms with Gasteiger partial charge in [-0.25, -0.2) is 0 Å². The molecule has 0 bridgehead atoms. The van der Waals surface area contributed by atoms with Gasteiger partial charge in [0.05, 0.1) is 31.7 Å². The lowest BCUT2D eigenvalue weighted by atomic mass is 10.0. The molecule has 152 valence electrons. The Balaban J connectivity index is 1.52. The Bertz CT molecular complexity index is 688. The number of hydrogen-bond donors (Lipinski definition) is 0. The molecule has 0 radical (unpaired) electrons. The molecule has 0 aromatic heterocycles. The van der Waals surface area contributed by atoms with E-state index in [9.17, 15) is 0 Å². The van der Waals surface area contributed by atoms with Gasteiger partial charge in [-0.2, -0.15) is 0 Å². The first-order valence-electron chi connectivity index (χ1n) is 9.74. The fourth-order valence-corrected chi connectivity index (χ4v) is 2.47. The van der Waals surface area contributed by atoms with Crippen molar-refractivity contribution < 1.29 is 23.7 Å². The van der Waals surface area contributed by atoms with Crippen molar-refractivity contribution in [1.29, 1.82) is 0 Å². The molecule has 3 saturated heterocycles. The number of hydrogen-bond acceptors (Lipinski definition) is 5. The summed E-state index contributed by atoms with van der Waals surface area (Å²) in [6, 6.07) is 0. The summed E-state index contributed by atoms with van der Waals surface area (Å²) in [5, 5.41) is 0. The fraction of sp³-hybridized carbons (Fsp3) is 0.478. The van der Waals surface area contributed by atoms with Crippen LogP contribution in [0.15, 0.2) is 72.3 Å². The van der Waals surface area contributed by atoms with Gasteiger partial charge in [0.25, 0.3) is 0 Å². The van der Waals surface area contributed by atoms with Gasteiger partial charge in [0.2, 0.25) is 0 Å². The van der Waals surface area contributed by atoms with Crippen LogP contribution in [-0.4, -0.2) is 51.3 Å². The standard InChI is InChI=1S/C23H30O5/c1-16(5-6-18(3)24-12-22-14-27-22)17(2)9-20(7-8-21-11-26-21)10-19(4)25-13-23-15-28-23/h5-6,9-10,21-23H,1-3,7-8,11-15H2,4H3/b6-5-,19-10+,20-9-. The molecule has 0 aromatic rings. The summed E-state index contributed by atoms with van der Waals surface area (Å²) < 4.78 is 26.9. The zero-order chi connectivity index (χ0) is 19.9. The van der Waals surface area contributed by atoms with Gasteiger partial charge in [-0.3, -0.25) is 0 Å². The van der Waals surface area contributed by atoms with E-state index in [1.165, 1.54) is 0 Å². The molecule has 0 aliphatic carbocycles. The summed E-state index contributed by atoms with van der Waals surface area (Å²) in [6.07, 6.45) is 10.5. The molecule has 3 fully saturated rings. The lowest BCUT2D eigenvalue weighted by molar-refractivity contribution is 0.184. The smallest absolute Gasteiger partial charge is 0.117 e. The van der Waals surface area contributed by atoms with Crippen LogP contribution in [0, 0.1) is 0 Å². The summed E-state index contributed by atoms with van der Waals surface area (Å²) in [4.78, 5) is 0. The maximum atomic E-state index is 5.75. The maximum Gasteiger partial charge on any atom is 0.117 e. The largest absolute Gasteiger partial charge is 0.495 e. The van der Waals surface area contributed by atoms with Crippen molar-refractivity contribution in [2.45, 2.75) is 38.1 Å². The van der Waals surface area contributed by atoms with Gasteiger partial charge in [0.1, 0.15) is 31.2 Å². The third-order valence-electron chi connectivity index (χ3n) is 4.54. The van der Waals surface area contributed by atoms with E-state index >= 15 is 0 Å². The van der Waals surface area contributed by atoms with Crippen LogP contribution in [0.5, 0.6) is 0 Å². The van der Waals surface area contributed by atoms with E-state index in [2.05, 4.69) is 31.9 Å². The van der Waals surface area contributed by atoms with Crippen molar-refractivity contribution in [3.63, 3.8) is 0 Å². The highest BCUT2D eigenvalue weighted by atomic mass is 16.6. The summed E-state index contributed by atoms with van der Waals surface area (Å²) in [5.74, 6) is 1.46. The molecule has 0 amide bonds. The fourth-order valence-electron chi connectivity index (χ4n) is 2.47. The second kappa shape index (κ2) is 9.92. The molecule has 0 N–H and O–H groups in total. The lowest BCUT2D eigenvalue weighted by Crippen LogP contribution is -2.00. The van der Waals surface area contributed by atoms with E-state index in [4.69, 9.17) is 23.7 Å². The third-order valence-corrected chi connectivity index (χ3v) is 4.54. The summed E-state index contributed by atoms with van der Waals surface area (Å²) in [5.41, 5.74) is 2.80. The molecule has 5 heteroatoms. The van der Waals surface area contributed by atoms with Crippen LogP contribution in [-0.2, 0) is 23.7 Å². The molecule has 3 rings (SSSR count).